The normalized spacial score (nSPS) is 18.7. The number of hydrogen-bond acceptors (Lipinski definition) is 5. The summed E-state index contributed by atoms with van der Waals surface area (Å²) in [4.78, 5) is 2.42. The highest BCUT2D eigenvalue weighted by Gasteiger charge is 2.25. The maximum Gasteiger partial charge on any atom is 0.163 e. The van der Waals surface area contributed by atoms with Crippen molar-refractivity contribution in [3.63, 3.8) is 0 Å². The molecule has 0 amide bonds. The lowest BCUT2D eigenvalue weighted by molar-refractivity contribution is -0.0369. The first-order chi connectivity index (χ1) is 11.8. The fourth-order valence-corrected chi connectivity index (χ4v) is 3.01. The minimum absolute atomic E-state index is 0.0125. The van der Waals surface area contributed by atoms with Crippen molar-refractivity contribution in [1.29, 1.82) is 0 Å². The monoisotopic (exact) mass is 330 g/mol. The molecule has 2 heterocycles. The van der Waals surface area contributed by atoms with Crippen molar-refractivity contribution in [3.05, 3.63) is 42.0 Å². The first-order valence-corrected chi connectivity index (χ1v) is 8.68. The van der Waals surface area contributed by atoms with Gasteiger partial charge in [-0.05, 0) is 31.9 Å². The summed E-state index contributed by atoms with van der Waals surface area (Å²) in [6.07, 6.45) is 2.79. The third-order valence-electron chi connectivity index (χ3n) is 4.39. The molecule has 6 nitrogen and oxygen atoms in total. The maximum atomic E-state index is 5.89. The zero-order valence-corrected chi connectivity index (χ0v) is 14.5. The second-order valence-electron chi connectivity index (χ2n) is 6.10. The standard InChI is InChI=1S/C18H26N4O2/c1-3-22-14-19-20-18(22)17-13-21(10-12-24-17)9-6-11-23-16-8-5-4-7-15(16)2/h4-5,7-8,14,17H,3,6,9-13H2,1-2H3/t17-/m0/s1. The van der Waals surface area contributed by atoms with Crippen molar-refractivity contribution in [1.82, 2.24) is 19.7 Å². The molecule has 0 radical (unpaired) electrons. The Bertz CT molecular complexity index is 643. The molecule has 0 bridgehead atoms. The molecule has 6 heteroatoms. The van der Waals surface area contributed by atoms with Crippen molar-refractivity contribution < 1.29 is 9.47 Å². The molecule has 1 atom stereocenters. The van der Waals surface area contributed by atoms with Crippen LogP contribution in [0.25, 0.3) is 0 Å². The van der Waals surface area contributed by atoms with Gasteiger partial charge >= 0.3 is 0 Å². The Morgan fingerprint density at radius 1 is 1.33 bits per heavy atom. The fraction of sp³-hybridized carbons (Fsp3) is 0.556. The molecule has 24 heavy (non-hydrogen) atoms. The highest BCUT2D eigenvalue weighted by molar-refractivity contribution is 5.31. The lowest BCUT2D eigenvalue weighted by Crippen LogP contribution is -2.40. The molecule has 1 aromatic heterocycles. The van der Waals surface area contributed by atoms with Crippen molar-refractivity contribution in [2.45, 2.75) is 32.9 Å². The minimum Gasteiger partial charge on any atom is -0.493 e. The van der Waals surface area contributed by atoms with Gasteiger partial charge in [-0.2, -0.15) is 0 Å². The van der Waals surface area contributed by atoms with E-state index in [4.69, 9.17) is 9.47 Å². The number of aryl methyl sites for hydroxylation is 2. The number of morpholine rings is 1. The van der Waals surface area contributed by atoms with E-state index in [0.717, 1.165) is 57.4 Å². The van der Waals surface area contributed by atoms with E-state index in [-0.39, 0.29) is 6.10 Å². The summed E-state index contributed by atoms with van der Waals surface area (Å²) in [5.74, 6) is 1.91. The molecular formula is C18H26N4O2. The molecule has 130 valence electrons. The summed E-state index contributed by atoms with van der Waals surface area (Å²) in [7, 11) is 0. The summed E-state index contributed by atoms with van der Waals surface area (Å²) in [5, 5.41) is 8.23. The van der Waals surface area contributed by atoms with Crippen LogP contribution in [-0.2, 0) is 11.3 Å². The summed E-state index contributed by atoms with van der Waals surface area (Å²) in [6, 6.07) is 8.15. The minimum atomic E-state index is 0.0125. The molecule has 0 unspecified atom stereocenters. The number of hydrogen-bond donors (Lipinski definition) is 0. The Labute approximate surface area is 143 Å². The molecule has 1 saturated heterocycles. The smallest absolute Gasteiger partial charge is 0.163 e. The lowest BCUT2D eigenvalue weighted by Gasteiger charge is -2.32. The van der Waals surface area contributed by atoms with Gasteiger partial charge in [0.05, 0.1) is 13.2 Å². The van der Waals surface area contributed by atoms with Crippen molar-refractivity contribution in [2.75, 3.05) is 32.8 Å². The van der Waals surface area contributed by atoms with Crippen LogP contribution in [0.5, 0.6) is 5.75 Å². The average Bonchev–Trinajstić information content (AvgIpc) is 3.09. The molecule has 1 fully saturated rings. The largest absolute Gasteiger partial charge is 0.493 e. The van der Waals surface area contributed by atoms with Crippen LogP contribution in [0.4, 0.5) is 0 Å². The second kappa shape index (κ2) is 8.26. The van der Waals surface area contributed by atoms with Gasteiger partial charge in [0, 0.05) is 26.2 Å². The van der Waals surface area contributed by atoms with Gasteiger partial charge in [0.15, 0.2) is 5.82 Å². The van der Waals surface area contributed by atoms with E-state index in [0.29, 0.717) is 0 Å². The number of ether oxygens (including phenoxy) is 2. The number of benzene rings is 1. The lowest BCUT2D eigenvalue weighted by atomic mass is 10.2. The summed E-state index contributed by atoms with van der Waals surface area (Å²) < 4.78 is 13.8. The third kappa shape index (κ3) is 4.13. The topological polar surface area (TPSA) is 52.4 Å². The van der Waals surface area contributed by atoms with Gasteiger partial charge in [-0.15, -0.1) is 10.2 Å². The Morgan fingerprint density at radius 3 is 3.04 bits per heavy atom. The molecule has 2 aromatic rings. The first kappa shape index (κ1) is 16.9. The van der Waals surface area contributed by atoms with E-state index in [9.17, 15) is 0 Å². The van der Waals surface area contributed by atoms with E-state index in [1.54, 1.807) is 6.33 Å². The average molecular weight is 330 g/mol. The summed E-state index contributed by atoms with van der Waals surface area (Å²) >= 11 is 0. The molecular weight excluding hydrogens is 304 g/mol. The summed E-state index contributed by atoms with van der Waals surface area (Å²) in [6.45, 7) is 9.34. The molecule has 1 aliphatic rings. The zero-order chi connectivity index (χ0) is 16.8. The van der Waals surface area contributed by atoms with Crippen LogP contribution in [-0.4, -0.2) is 52.5 Å². The van der Waals surface area contributed by atoms with E-state index < -0.39 is 0 Å². The number of para-hydroxylation sites is 1. The zero-order valence-electron chi connectivity index (χ0n) is 14.5. The third-order valence-corrected chi connectivity index (χ3v) is 4.39. The number of aromatic nitrogens is 3. The highest BCUT2D eigenvalue weighted by Crippen LogP contribution is 2.21. The van der Waals surface area contributed by atoms with Crippen molar-refractivity contribution in [3.8, 4) is 5.75 Å². The van der Waals surface area contributed by atoms with Gasteiger partial charge in [-0.25, -0.2) is 0 Å². The number of nitrogens with zero attached hydrogens (tertiary/aromatic N) is 4. The molecule has 1 aliphatic heterocycles. The number of rotatable bonds is 7. The van der Waals surface area contributed by atoms with E-state index in [2.05, 4.69) is 39.6 Å². The van der Waals surface area contributed by atoms with Gasteiger partial charge < -0.3 is 14.0 Å². The molecule has 0 spiro atoms. The van der Waals surface area contributed by atoms with E-state index in [1.165, 1.54) is 5.56 Å². The first-order valence-electron chi connectivity index (χ1n) is 8.68. The molecule has 1 aromatic carbocycles. The molecule has 3 rings (SSSR count). The van der Waals surface area contributed by atoms with Gasteiger partial charge in [0.2, 0.25) is 0 Å². The van der Waals surface area contributed by atoms with Gasteiger partial charge in [0.1, 0.15) is 18.2 Å². The highest BCUT2D eigenvalue weighted by atomic mass is 16.5. The van der Waals surface area contributed by atoms with Crippen molar-refractivity contribution in [2.24, 2.45) is 0 Å². The SMILES string of the molecule is CCn1cnnc1[C@@H]1CN(CCCOc2ccccc2C)CCO1. The Kier molecular flexibility index (Phi) is 5.82. The van der Waals surface area contributed by atoms with Crippen LogP contribution in [0.1, 0.15) is 30.8 Å². The Hall–Kier alpha value is -1.92. The van der Waals surface area contributed by atoms with Crippen LogP contribution in [0, 0.1) is 6.92 Å². The predicted octanol–water partition coefficient (Wildman–Crippen LogP) is 2.45. The van der Waals surface area contributed by atoms with Crippen LogP contribution in [0.3, 0.4) is 0 Å². The van der Waals surface area contributed by atoms with Crippen LogP contribution in [0.2, 0.25) is 0 Å². The van der Waals surface area contributed by atoms with Crippen molar-refractivity contribution >= 4 is 0 Å². The Morgan fingerprint density at radius 2 is 2.21 bits per heavy atom. The van der Waals surface area contributed by atoms with E-state index >= 15 is 0 Å². The molecule has 0 saturated carbocycles. The molecule has 0 N–H and O–H groups in total. The van der Waals surface area contributed by atoms with Gasteiger partial charge in [-0.3, -0.25) is 4.90 Å². The van der Waals surface area contributed by atoms with E-state index in [1.807, 2.05) is 18.2 Å². The van der Waals surface area contributed by atoms with Gasteiger partial charge in [-0.1, -0.05) is 18.2 Å². The summed E-state index contributed by atoms with van der Waals surface area (Å²) in [5.41, 5.74) is 1.18. The maximum absolute atomic E-state index is 5.89. The quantitative estimate of drug-likeness (QED) is 0.730. The van der Waals surface area contributed by atoms with Gasteiger partial charge in [0.25, 0.3) is 0 Å². The molecule has 0 aliphatic carbocycles. The second-order valence-corrected chi connectivity index (χ2v) is 6.10. The van der Waals surface area contributed by atoms with Crippen LogP contribution < -0.4 is 4.74 Å². The van der Waals surface area contributed by atoms with Crippen LogP contribution in [0.15, 0.2) is 30.6 Å². The Balaban J connectivity index is 1.45. The van der Waals surface area contributed by atoms with Crippen LogP contribution >= 0.6 is 0 Å². The fourth-order valence-electron chi connectivity index (χ4n) is 3.01. The predicted molar refractivity (Wildman–Crippen MR) is 92.1 cm³/mol.